The predicted molar refractivity (Wildman–Crippen MR) is 82.4 cm³/mol. The summed E-state index contributed by atoms with van der Waals surface area (Å²) >= 11 is 0. The minimum Gasteiger partial charge on any atom is -0.497 e. The third-order valence-corrected chi connectivity index (χ3v) is 3.31. The van der Waals surface area contributed by atoms with Gasteiger partial charge >= 0.3 is 0 Å². The van der Waals surface area contributed by atoms with E-state index in [9.17, 15) is 4.79 Å². The molecule has 2 rings (SSSR count). The van der Waals surface area contributed by atoms with Crippen molar-refractivity contribution in [2.24, 2.45) is 0 Å². The van der Waals surface area contributed by atoms with Crippen LogP contribution in [0.1, 0.15) is 24.4 Å². The fraction of sp³-hybridized carbons (Fsp3) is 0.333. The number of methoxy groups -OCH3 is 1. The molecular weight excluding hydrogens is 268 g/mol. The Labute approximate surface area is 123 Å². The van der Waals surface area contributed by atoms with Crippen LogP contribution in [-0.2, 0) is 4.79 Å². The van der Waals surface area contributed by atoms with Crippen molar-refractivity contribution >= 4 is 17.3 Å². The summed E-state index contributed by atoms with van der Waals surface area (Å²) in [5, 5.41) is 7.14. The third-order valence-electron chi connectivity index (χ3n) is 3.31. The largest absolute Gasteiger partial charge is 0.497 e. The first-order valence-corrected chi connectivity index (χ1v) is 6.69. The maximum Gasteiger partial charge on any atom is 0.249 e. The van der Waals surface area contributed by atoms with Crippen LogP contribution in [0, 0.1) is 13.8 Å². The van der Waals surface area contributed by atoms with E-state index >= 15 is 0 Å². The Morgan fingerprint density at radius 2 is 2.10 bits per heavy atom. The van der Waals surface area contributed by atoms with E-state index in [2.05, 4.69) is 10.4 Å². The molecule has 112 valence electrons. The fourth-order valence-electron chi connectivity index (χ4n) is 2.17. The highest BCUT2D eigenvalue weighted by Gasteiger charge is 2.18. The van der Waals surface area contributed by atoms with Crippen molar-refractivity contribution in [3.05, 3.63) is 35.7 Å². The third kappa shape index (κ3) is 3.16. The summed E-state index contributed by atoms with van der Waals surface area (Å²) in [6.07, 6.45) is 0. The lowest BCUT2D eigenvalue weighted by Gasteiger charge is -2.16. The van der Waals surface area contributed by atoms with Crippen LogP contribution < -0.4 is 15.8 Å². The summed E-state index contributed by atoms with van der Waals surface area (Å²) < 4.78 is 6.78. The average molecular weight is 288 g/mol. The molecule has 1 unspecified atom stereocenters. The van der Waals surface area contributed by atoms with Gasteiger partial charge in [0.15, 0.2) is 0 Å². The van der Waals surface area contributed by atoms with Gasteiger partial charge in [-0.15, -0.1) is 0 Å². The Hall–Kier alpha value is -2.50. The van der Waals surface area contributed by atoms with E-state index in [1.807, 2.05) is 19.9 Å². The number of nitrogen functional groups attached to an aromatic ring is 1. The molecule has 0 spiro atoms. The number of carbonyl (C=O) groups is 1. The highest BCUT2D eigenvalue weighted by molar-refractivity contribution is 5.96. The highest BCUT2D eigenvalue weighted by atomic mass is 16.5. The molecule has 0 bridgehead atoms. The molecule has 6 heteroatoms. The van der Waals surface area contributed by atoms with E-state index in [0.717, 1.165) is 11.4 Å². The van der Waals surface area contributed by atoms with E-state index in [4.69, 9.17) is 10.5 Å². The molecule has 6 nitrogen and oxygen atoms in total. The molecule has 21 heavy (non-hydrogen) atoms. The molecule has 0 aliphatic heterocycles. The van der Waals surface area contributed by atoms with Gasteiger partial charge in [-0.2, -0.15) is 5.10 Å². The number of aromatic nitrogens is 2. The van der Waals surface area contributed by atoms with Gasteiger partial charge in [0.25, 0.3) is 0 Å². The molecule has 1 heterocycles. The zero-order chi connectivity index (χ0) is 15.6. The Morgan fingerprint density at radius 1 is 1.38 bits per heavy atom. The molecule has 0 radical (unpaired) electrons. The van der Waals surface area contributed by atoms with Crippen LogP contribution in [0.2, 0.25) is 0 Å². The molecule has 0 fully saturated rings. The lowest BCUT2D eigenvalue weighted by atomic mass is 10.2. The summed E-state index contributed by atoms with van der Waals surface area (Å²) in [5.41, 5.74) is 8.75. The molecule has 0 aliphatic rings. The molecule has 1 amide bonds. The molecule has 0 aliphatic carbocycles. The molecule has 1 atom stereocenters. The number of rotatable bonds is 4. The number of nitrogens with zero attached hydrogens (tertiary/aromatic N) is 2. The summed E-state index contributed by atoms with van der Waals surface area (Å²) in [7, 11) is 1.57. The Morgan fingerprint density at radius 3 is 2.62 bits per heavy atom. The van der Waals surface area contributed by atoms with Crippen molar-refractivity contribution in [1.82, 2.24) is 9.78 Å². The van der Waals surface area contributed by atoms with Crippen molar-refractivity contribution in [1.29, 1.82) is 0 Å². The highest BCUT2D eigenvalue weighted by Crippen LogP contribution is 2.25. The summed E-state index contributed by atoms with van der Waals surface area (Å²) in [5.74, 6) is 0.482. The summed E-state index contributed by atoms with van der Waals surface area (Å²) in [6.45, 7) is 5.62. The maximum absolute atomic E-state index is 12.3. The first-order valence-electron chi connectivity index (χ1n) is 6.69. The lowest BCUT2D eigenvalue weighted by molar-refractivity contribution is -0.119. The van der Waals surface area contributed by atoms with E-state index in [0.29, 0.717) is 17.1 Å². The number of nitrogens with one attached hydrogen (secondary N) is 1. The van der Waals surface area contributed by atoms with Gasteiger partial charge in [-0.25, -0.2) is 0 Å². The van der Waals surface area contributed by atoms with Crippen molar-refractivity contribution in [3.8, 4) is 5.75 Å². The molecule has 0 saturated carbocycles. The minimum atomic E-state index is -0.416. The molecular formula is C15H20N4O2. The SMILES string of the molecule is COc1ccc(NC(=O)C(C)n2nc(C)cc2C)c(N)c1. The number of ether oxygens (including phenoxy) is 1. The van der Waals surface area contributed by atoms with E-state index < -0.39 is 6.04 Å². The first kappa shape index (κ1) is 14.9. The van der Waals surface area contributed by atoms with Crippen molar-refractivity contribution in [2.75, 3.05) is 18.2 Å². The Bertz CT molecular complexity index is 664. The summed E-state index contributed by atoms with van der Waals surface area (Å²) in [4.78, 5) is 12.3. The smallest absolute Gasteiger partial charge is 0.249 e. The lowest BCUT2D eigenvalue weighted by Crippen LogP contribution is -2.25. The van der Waals surface area contributed by atoms with E-state index in [1.54, 1.807) is 36.9 Å². The van der Waals surface area contributed by atoms with Crippen LogP contribution in [0.5, 0.6) is 5.75 Å². The number of amides is 1. The standard InChI is InChI=1S/C15H20N4O2/c1-9-7-10(2)19(18-9)11(3)15(20)17-14-6-5-12(21-4)8-13(14)16/h5-8,11H,16H2,1-4H3,(H,17,20). The van der Waals surface area contributed by atoms with Crippen LogP contribution in [0.25, 0.3) is 0 Å². The van der Waals surface area contributed by atoms with Crippen LogP contribution in [0.3, 0.4) is 0 Å². The zero-order valence-electron chi connectivity index (χ0n) is 12.7. The topological polar surface area (TPSA) is 82.2 Å². The second-order valence-electron chi connectivity index (χ2n) is 4.99. The Kier molecular flexibility index (Phi) is 4.16. The zero-order valence-corrected chi connectivity index (χ0v) is 12.7. The van der Waals surface area contributed by atoms with Crippen molar-refractivity contribution in [3.63, 3.8) is 0 Å². The van der Waals surface area contributed by atoms with Gasteiger partial charge in [0, 0.05) is 11.8 Å². The van der Waals surface area contributed by atoms with Gasteiger partial charge in [-0.3, -0.25) is 9.48 Å². The van der Waals surface area contributed by atoms with Gasteiger partial charge in [-0.1, -0.05) is 0 Å². The van der Waals surface area contributed by atoms with Gasteiger partial charge in [0.1, 0.15) is 11.8 Å². The number of carbonyl (C=O) groups excluding carboxylic acids is 1. The molecule has 3 N–H and O–H groups in total. The number of hydrogen-bond donors (Lipinski definition) is 2. The number of aryl methyl sites for hydroxylation is 2. The van der Waals surface area contributed by atoms with Gasteiger partial charge < -0.3 is 15.8 Å². The van der Waals surface area contributed by atoms with Gasteiger partial charge in [0.05, 0.1) is 24.2 Å². The second-order valence-corrected chi connectivity index (χ2v) is 4.99. The summed E-state index contributed by atoms with van der Waals surface area (Å²) in [6, 6.07) is 6.66. The first-order chi connectivity index (χ1) is 9.92. The quantitative estimate of drug-likeness (QED) is 0.846. The van der Waals surface area contributed by atoms with Crippen LogP contribution in [-0.4, -0.2) is 22.8 Å². The second kappa shape index (κ2) is 5.87. The normalized spacial score (nSPS) is 12.0. The average Bonchev–Trinajstić information content (AvgIpc) is 2.78. The van der Waals surface area contributed by atoms with Crippen LogP contribution >= 0.6 is 0 Å². The molecule has 2 aromatic rings. The van der Waals surface area contributed by atoms with Gasteiger partial charge in [-0.05, 0) is 39.0 Å². The number of nitrogens with two attached hydrogens (primary N) is 1. The van der Waals surface area contributed by atoms with E-state index in [-0.39, 0.29) is 5.91 Å². The molecule has 1 aromatic heterocycles. The van der Waals surface area contributed by atoms with Crippen LogP contribution in [0.15, 0.2) is 24.3 Å². The number of benzene rings is 1. The van der Waals surface area contributed by atoms with E-state index in [1.165, 1.54) is 0 Å². The number of anilines is 2. The molecule has 0 saturated heterocycles. The minimum absolute atomic E-state index is 0.168. The predicted octanol–water partition coefficient (Wildman–Crippen LogP) is 2.29. The fourth-order valence-corrected chi connectivity index (χ4v) is 2.17. The van der Waals surface area contributed by atoms with Crippen molar-refractivity contribution in [2.45, 2.75) is 26.8 Å². The van der Waals surface area contributed by atoms with Gasteiger partial charge in [0.2, 0.25) is 5.91 Å². The Balaban J connectivity index is 2.16. The monoisotopic (exact) mass is 288 g/mol. The van der Waals surface area contributed by atoms with Crippen molar-refractivity contribution < 1.29 is 9.53 Å². The number of hydrogen-bond acceptors (Lipinski definition) is 4. The van der Waals surface area contributed by atoms with Crippen LogP contribution in [0.4, 0.5) is 11.4 Å². The maximum atomic E-state index is 12.3. The molecule has 1 aromatic carbocycles.